The first-order valence-corrected chi connectivity index (χ1v) is 13.2. The number of H-pyrrole nitrogens is 1. The number of aromatic amines is 1. The highest BCUT2D eigenvalue weighted by molar-refractivity contribution is 5.85. The second kappa shape index (κ2) is 9.93. The number of rotatable bonds is 6. The Balaban J connectivity index is 1.37. The standard InChI is InChI=1S/C27H33N9O/c1-17-13-18(2)32-27(37)21(17)15-30-25-23-26(36(16-31-23)20-5-3-4-6-20)34-24(33-25)19-7-8-22(29-14-19)35-11-9-28-10-12-35/h7-8,13-14,16,20,28H,3-6,9-12,15H2,1-2H3,(H,32,37)(H,30,33,34). The van der Waals surface area contributed by atoms with Gasteiger partial charge in [-0.15, -0.1) is 0 Å². The van der Waals surface area contributed by atoms with Crippen LogP contribution in [0.15, 0.2) is 35.5 Å². The molecule has 5 heterocycles. The van der Waals surface area contributed by atoms with Gasteiger partial charge in [0.1, 0.15) is 11.3 Å². The van der Waals surface area contributed by atoms with Crippen LogP contribution in [0.1, 0.15) is 48.5 Å². The summed E-state index contributed by atoms with van der Waals surface area (Å²) in [5, 5.41) is 6.78. The van der Waals surface area contributed by atoms with Crippen molar-refractivity contribution in [2.45, 2.75) is 52.1 Å². The maximum atomic E-state index is 12.6. The van der Waals surface area contributed by atoms with Crippen LogP contribution in [0.25, 0.3) is 22.6 Å². The number of imidazole rings is 1. The Kier molecular flexibility index (Phi) is 6.33. The highest BCUT2D eigenvalue weighted by atomic mass is 16.1. The zero-order valence-corrected chi connectivity index (χ0v) is 21.4. The summed E-state index contributed by atoms with van der Waals surface area (Å²) in [4.78, 5) is 37.1. The average molecular weight is 500 g/mol. The summed E-state index contributed by atoms with van der Waals surface area (Å²) in [6.07, 6.45) is 8.45. The molecular formula is C27H33N9O. The van der Waals surface area contributed by atoms with Crippen molar-refractivity contribution in [2.75, 3.05) is 36.4 Å². The molecule has 6 rings (SSSR count). The minimum absolute atomic E-state index is 0.0836. The number of nitrogens with zero attached hydrogens (tertiary/aromatic N) is 6. The van der Waals surface area contributed by atoms with Crippen LogP contribution in [0.4, 0.5) is 11.6 Å². The number of aryl methyl sites for hydroxylation is 2. The molecule has 0 atom stereocenters. The van der Waals surface area contributed by atoms with Gasteiger partial charge in [0.15, 0.2) is 17.3 Å². The summed E-state index contributed by atoms with van der Waals surface area (Å²) in [7, 11) is 0. The maximum Gasteiger partial charge on any atom is 0.253 e. The summed E-state index contributed by atoms with van der Waals surface area (Å²) in [5.74, 6) is 2.20. The molecule has 0 aromatic carbocycles. The minimum atomic E-state index is -0.0836. The summed E-state index contributed by atoms with van der Waals surface area (Å²) >= 11 is 0. The third-order valence-electron chi connectivity index (χ3n) is 7.51. The van der Waals surface area contributed by atoms with Crippen LogP contribution in [-0.2, 0) is 6.54 Å². The van der Waals surface area contributed by atoms with E-state index < -0.39 is 0 Å². The van der Waals surface area contributed by atoms with Crippen molar-refractivity contribution in [3.8, 4) is 11.4 Å². The molecule has 4 aromatic rings. The van der Waals surface area contributed by atoms with Crippen molar-refractivity contribution in [3.05, 3.63) is 57.9 Å². The molecule has 0 unspecified atom stereocenters. The Bertz CT molecular complexity index is 1460. The number of pyridine rings is 2. The largest absolute Gasteiger partial charge is 0.364 e. The summed E-state index contributed by atoms with van der Waals surface area (Å²) < 4.78 is 2.20. The molecule has 37 heavy (non-hydrogen) atoms. The van der Waals surface area contributed by atoms with Crippen molar-refractivity contribution in [1.82, 2.24) is 34.8 Å². The number of anilines is 2. The number of fused-ring (bicyclic) bond motifs is 1. The Morgan fingerprint density at radius 1 is 1.08 bits per heavy atom. The van der Waals surface area contributed by atoms with Crippen molar-refractivity contribution in [1.29, 1.82) is 0 Å². The molecule has 0 spiro atoms. The van der Waals surface area contributed by atoms with E-state index in [-0.39, 0.29) is 5.56 Å². The molecule has 10 nitrogen and oxygen atoms in total. The second-order valence-electron chi connectivity index (χ2n) is 10.1. The maximum absolute atomic E-state index is 12.6. The van der Waals surface area contributed by atoms with Crippen LogP contribution in [0.5, 0.6) is 0 Å². The topological polar surface area (TPSA) is 117 Å². The quantitative estimate of drug-likeness (QED) is 0.370. The van der Waals surface area contributed by atoms with Gasteiger partial charge in [-0.25, -0.2) is 19.9 Å². The highest BCUT2D eigenvalue weighted by Crippen LogP contribution is 2.33. The summed E-state index contributed by atoms with van der Waals surface area (Å²) in [6.45, 7) is 8.02. The van der Waals surface area contributed by atoms with Crippen molar-refractivity contribution < 1.29 is 0 Å². The van der Waals surface area contributed by atoms with Gasteiger partial charge in [0.05, 0.1) is 6.33 Å². The number of nitrogens with one attached hydrogen (secondary N) is 3. The first-order chi connectivity index (χ1) is 18.1. The fraction of sp³-hybridized carbons (Fsp3) is 0.444. The van der Waals surface area contributed by atoms with Gasteiger partial charge in [-0.2, -0.15) is 0 Å². The third kappa shape index (κ3) is 4.69. The van der Waals surface area contributed by atoms with Crippen molar-refractivity contribution in [2.24, 2.45) is 0 Å². The van der Waals surface area contributed by atoms with Gasteiger partial charge in [-0.1, -0.05) is 12.8 Å². The lowest BCUT2D eigenvalue weighted by molar-refractivity contribution is 0.529. The normalized spacial score (nSPS) is 16.5. The third-order valence-corrected chi connectivity index (χ3v) is 7.51. The molecule has 0 amide bonds. The molecule has 0 bridgehead atoms. The monoisotopic (exact) mass is 499 g/mol. The lowest BCUT2D eigenvalue weighted by atomic mass is 10.1. The van der Waals surface area contributed by atoms with Gasteiger partial charge in [-0.3, -0.25) is 4.79 Å². The SMILES string of the molecule is Cc1cc(C)c(CNc2nc(-c3ccc(N4CCNCC4)nc3)nc3c2ncn3C2CCCC2)c(=O)[nH]1. The fourth-order valence-corrected chi connectivity index (χ4v) is 5.49. The molecule has 1 aliphatic heterocycles. The van der Waals surface area contributed by atoms with Crippen molar-refractivity contribution in [3.63, 3.8) is 0 Å². The molecule has 0 radical (unpaired) electrons. The number of hydrogen-bond donors (Lipinski definition) is 3. The molecular weight excluding hydrogens is 466 g/mol. The highest BCUT2D eigenvalue weighted by Gasteiger charge is 2.23. The predicted octanol–water partition coefficient (Wildman–Crippen LogP) is 3.33. The Morgan fingerprint density at radius 3 is 2.62 bits per heavy atom. The van der Waals surface area contributed by atoms with Gasteiger partial charge < -0.3 is 25.1 Å². The minimum Gasteiger partial charge on any atom is -0.364 e. The fourth-order valence-electron chi connectivity index (χ4n) is 5.49. The van der Waals surface area contributed by atoms with E-state index in [9.17, 15) is 4.79 Å². The van der Waals surface area contributed by atoms with E-state index in [2.05, 4.69) is 25.1 Å². The lowest BCUT2D eigenvalue weighted by Gasteiger charge is -2.28. The molecule has 1 aliphatic carbocycles. The van der Waals surface area contributed by atoms with Gasteiger partial charge in [0.25, 0.3) is 5.56 Å². The zero-order valence-electron chi connectivity index (χ0n) is 21.4. The molecule has 10 heteroatoms. The smallest absolute Gasteiger partial charge is 0.253 e. The van der Waals surface area contributed by atoms with E-state index in [1.165, 1.54) is 12.8 Å². The van der Waals surface area contributed by atoms with E-state index in [1.54, 1.807) is 0 Å². The molecule has 192 valence electrons. The van der Waals surface area contributed by atoms with E-state index >= 15 is 0 Å². The van der Waals surface area contributed by atoms with Crippen LogP contribution in [0, 0.1) is 13.8 Å². The van der Waals surface area contributed by atoms with Crippen LogP contribution in [0.2, 0.25) is 0 Å². The Hall–Kier alpha value is -3.79. The molecule has 2 aliphatic rings. The van der Waals surface area contributed by atoms with Crippen LogP contribution in [0.3, 0.4) is 0 Å². The predicted molar refractivity (Wildman–Crippen MR) is 145 cm³/mol. The zero-order chi connectivity index (χ0) is 25.4. The molecule has 1 saturated heterocycles. The summed E-state index contributed by atoms with van der Waals surface area (Å²) in [5.41, 5.74) is 4.80. The first-order valence-electron chi connectivity index (χ1n) is 13.2. The van der Waals surface area contributed by atoms with Gasteiger partial charge >= 0.3 is 0 Å². The van der Waals surface area contributed by atoms with E-state index in [0.717, 1.165) is 72.8 Å². The first kappa shape index (κ1) is 23.6. The van der Waals surface area contributed by atoms with Gasteiger partial charge in [0, 0.05) is 61.8 Å². The van der Waals surface area contributed by atoms with Gasteiger partial charge in [0.2, 0.25) is 0 Å². The van der Waals surface area contributed by atoms with Crippen LogP contribution in [-0.4, -0.2) is 55.7 Å². The number of hydrogen-bond acceptors (Lipinski definition) is 8. The molecule has 4 aromatic heterocycles. The molecule has 3 N–H and O–H groups in total. The van der Waals surface area contributed by atoms with E-state index in [1.807, 2.05) is 44.6 Å². The number of piperazine rings is 1. The van der Waals surface area contributed by atoms with Crippen molar-refractivity contribution >= 4 is 22.8 Å². The van der Waals surface area contributed by atoms with Crippen LogP contribution >= 0.6 is 0 Å². The van der Waals surface area contributed by atoms with Gasteiger partial charge in [-0.05, 0) is 50.5 Å². The average Bonchev–Trinajstić information content (AvgIpc) is 3.59. The molecule has 2 fully saturated rings. The number of aromatic nitrogens is 6. The van der Waals surface area contributed by atoms with E-state index in [4.69, 9.17) is 19.9 Å². The second-order valence-corrected chi connectivity index (χ2v) is 10.1. The Labute approximate surface area is 215 Å². The molecule has 1 saturated carbocycles. The van der Waals surface area contributed by atoms with Crippen LogP contribution < -0.4 is 21.1 Å². The lowest BCUT2D eigenvalue weighted by Crippen LogP contribution is -2.43. The summed E-state index contributed by atoms with van der Waals surface area (Å²) in [6, 6.07) is 6.47. The van der Waals surface area contributed by atoms with E-state index in [0.29, 0.717) is 29.8 Å². The Morgan fingerprint density at radius 2 is 1.89 bits per heavy atom.